The summed E-state index contributed by atoms with van der Waals surface area (Å²) in [7, 11) is 1.47. The molecule has 8 heteroatoms. The number of amides is 2. The van der Waals surface area contributed by atoms with Crippen LogP contribution in [0.15, 0.2) is 29.5 Å². The first-order chi connectivity index (χ1) is 12.2. The average Bonchev–Trinajstić information content (AvgIpc) is 2.80. The highest BCUT2D eigenvalue weighted by Gasteiger charge is 2.47. The molecule has 1 aromatic carbocycles. The summed E-state index contributed by atoms with van der Waals surface area (Å²) < 4.78 is 16.0. The number of esters is 1. The molecule has 138 valence electrons. The molecule has 0 saturated heterocycles. The number of carbonyl (C=O) groups is 3. The summed E-state index contributed by atoms with van der Waals surface area (Å²) in [5.41, 5.74) is 5.83. The quantitative estimate of drug-likeness (QED) is 0.749. The molecule has 2 heterocycles. The number of ether oxygens (including phenoxy) is 3. The van der Waals surface area contributed by atoms with Crippen LogP contribution >= 0.6 is 0 Å². The molecule has 1 aromatic rings. The summed E-state index contributed by atoms with van der Waals surface area (Å²) in [6.45, 7) is 3.14. The van der Waals surface area contributed by atoms with Gasteiger partial charge in [0.05, 0.1) is 18.4 Å². The van der Waals surface area contributed by atoms with Crippen molar-refractivity contribution < 1.29 is 28.6 Å². The van der Waals surface area contributed by atoms with Gasteiger partial charge in [-0.15, -0.1) is 0 Å². The van der Waals surface area contributed by atoms with E-state index < -0.39 is 23.4 Å². The molecule has 0 aromatic heterocycles. The van der Waals surface area contributed by atoms with Gasteiger partial charge in [0, 0.05) is 12.3 Å². The molecule has 26 heavy (non-hydrogen) atoms. The summed E-state index contributed by atoms with van der Waals surface area (Å²) >= 11 is 0. The fourth-order valence-corrected chi connectivity index (χ4v) is 3.23. The summed E-state index contributed by atoms with van der Waals surface area (Å²) in [6, 6.07) is 5.06. The second-order valence-corrected chi connectivity index (χ2v) is 6.66. The molecule has 1 atom stereocenters. The summed E-state index contributed by atoms with van der Waals surface area (Å²) in [5, 5.41) is 2.75. The van der Waals surface area contributed by atoms with Crippen LogP contribution in [0.3, 0.4) is 0 Å². The summed E-state index contributed by atoms with van der Waals surface area (Å²) in [6.07, 6.45) is 0.103. The van der Waals surface area contributed by atoms with Crippen LogP contribution in [-0.4, -0.2) is 37.1 Å². The molecule has 2 amide bonds. The van der Waals surface area contributed by atoms with Crippen molar-refractivity contribution in [2.45, 2.75) is 31.8 Å². The van der Waals surface area contributed by atoms with Crippen molar-refractivity contribution in [2.24, 2.45) is 5.73 Å². The zero-order valence-corrected chi connectivity index (χ0v) is 14.8. The lowest BCUT2D eigenvalue weighted by Crippen LogP contribution is -2.38. The molecule has 0 saturated carbocycles. The fourth-order valence-electron chi connectivity index (χ4n) is 3.23. The van der Waals surface area contributed by atoms with E-state index in [2.05, 4.69) is 5.32 Å². The highest BCUT2D eigenvalue weighted by molar-refractivity contribution is 5.99. The summed E-state index contributed by atoms with van der Waals surface area (Å²) in [4.78, 5) is 35.6. The van der Waals surface area contributed by atoms with Crippen molar-refractivity contribution in [1.29, 1.82) is 0 Å². The Bertz CT molecular complexity index is 827. The molecule has 2 aliphatic heterocycles. The molecule has 0 bridgehead atoms. The van der Waals surface area contributed by atoms with Crippen molar-refractivity contribution in [3.63, 3.8) is 0 Å². The average molecular weight is 360 g/mol. The van der Waals surface area contributed by atoms with E-state index >= 15 is 0 Å². The van der Waals surface area contributed by atoms with Gasteiger partial charge in [0.2, 0.25) is 5.91 Å². The lowest BCUT2D eigenvalue weighted by molar-refractivity contribution is -0.144. The number of nitrogens with one attached hydrogen (secondary N) is 1. The number of cyclic esters (lactones) is 1. The Labute approximate surface area is 150 Å². The number of nitrogens with two attached hydrogens (primary N) is 1. The highest BCUT2D eigenvalue weighted by atomic mass is 16.6. The number of methoxy groups -OCH3 is 1. The predicted molar refractivity (Wildman–Crippen MR) is 90.4 cm³/mol. The van der Waals surface area contributed by atoms with Crippen LogP contribution in [-0.2, 0) is 19.1 Å². The maximum Gasteiger partial charge on any atom is 0.337 e. The lowest BCUT2D eigenvalue weighted by Gasteiger charge is -2.27. The number of carbonyl (C=O) groups excluding carboxylic acids is 3. The number of hydrogen-bond acceptors (Lipinski definition) is 6. The highest BCUT2D eigenvalue weighted by Crippen LogP contribution is 2.44. The third-order valence-electron chi connectivity index (χ3n) is 4.40. The molecule has 2 aliphatic rings. The Morgan fingerprint density at radius 2 is 2.08 bits per heavy atom. The van der Waals surface area contributed by atoms with E-state index in [1.54, 1.807) is 32.0 Å². The lowest BCUT2D eigenvalue weighted by atomic mass is 9.82. The van der Waals surface area contributed by atoms with Gasteiger partial charge in [-0.25, -0.2) is 4.79 Å². The van der Waals surface area contributed by atoms with Crippen molar-refractivity contribution >= 4 is 17.8 Å². The Morgan fingerprint density at radius 3 is 2.73 bits per heavy atom. The Morgan fingerprint density at radius 1 is 1.35 bits per heavy atom. The molecule has 0 spiro atoms. The number of primary amides is 1. The van der Waals surface area contributed by atoms with Gasteiger partial charge in [-0.05, 0) is 31.5 Å². The monoisotopic (exact) mass is 360 g/mol. The second kappa shape index (κ2) is 6.36. The first-order valence-corrected chi connectivity index (χ1v) is 8.10. The van der Waals surface area contributed by atoms with E-state index in [0.29, 0.717) is 28.3 Å². The zero-order chi connectivity index (χ0) is 19.1. The molecule has 3 rings (SSSR count). The zero-order valence-electron chi connectivity index (χ0n) is 14.8. The molecular weight excluding hydrogens is 340 g/mol. The normalized spacial score (nSPS) is 21.0. The van der Waals surface area contributed by atoms with E-state index in [-0.39, 0.29) is 18.9 Å². The van der Waals surface area contributed by atoms with Crippen LogP contribution in [0.5, 0.6) is 11.5 Å². The van der Waals surface area contributed by atoms with Gasteiger partial charge in [0.1, 0.15) is 5.60 Å². The van der Waals surface area contributed by atoms with Gasteiger partial charge in [0.15, 0.2) is 18.1 Å². The van der Waals surface area contributed by atoms with E-state index in [4.69, 9.17) is 19.9 Å². The van der Waals surface area contributed by atoms with Crippen LogP contribution < -0.4 is 20.5 Å². The SMILES string of the molecule is COc1ccc(C2CC(=O)NC3=C2C(=O)OC3(C)C)cc1OCC(N)=O. The topological polar surface area (TPSA) is 117 Å². The minimum Gasteiger partial charge on any atom is -0.493 e. The Kier molecular flexibility index (Phi) is 4.35. The predicted octanol–water partition coefficient (Wildman–Crippen LogP) is 0.752. The van der Waals surface area contributed by atoms with Gasteiger partial charge in [0.25, 0.3) is 5.91 Å². The summed E-state index contributed by atoms with van der Waals surface area (Å²) in [5.74, 6) is -1.03. The maximum atomic E-state index is 12.4. The van der Waals surface area contributed by atoms with E-state index in [1.807, 2.05) is 0 Å². The van der Waals surface area contributed by atoms with Crippen molar-refractivity contribution in [3.05, 3.63) is 35.0 Å². The van der Waals surface area contributed by atoms with Gasteiger partial charge in [-0.3, -0.25) is 9.59 Å². The molecule has 0 fully saturated rings. The van der Waals surface area contributed by atoms with E-state index in [1.165, 1.54) is 7.11 Å². The standard InChI is InChI=1S/C18H20N2O6/c1-18(2)16-15(17(23)26-18)10(7-14(22)20-16)9-4-5-11(24-3)12(6-9)25-8-13(19)21/h4-6,10H,7-8H2,1-3H3,(H2,19,21)(H,20,22). The first-order valence-electron chi connectivity index (χ1n) is 8.10. The Balaban J connectivity index is 2.03. The van der Waals surface area contributed by atoms with Crippen LogP contribution in [0.4, 0.5) is 0 Å². The van der Waals surface area contributed by atoms with Gasteiger partial charge in [-0.2, -0.15) is 0 Å². The van der Waals surface area contributed by atoms with E-state index in [9.17, 15) is 14.4 Å². The molecule has 3 N–H and O–H groups in total. The van der Waals surface area contributed by atoms with E-state index in [0.717, 1.165) is 0 Å². The van der Waals surface area contributed by atoms with Crippen molar-refractivity contribution in [1.82, 2.24) is 5.32 Å². The number of rotatable bonds is 5. The number of hydrogen-bond donors (Lipinski definition) is 2. The molecule has 0 aliphatic carbocycles. The minimum atomic E-state index is -0.890. The Hall–Kier alpha value is -3.03. The minimum absolute atomic E-state index is 0.103. The van der Waals surface area contributed by atoms with Crippen molar-refractivity contribution in [2.75, 3.05) is 13.7 Å². The molecule has 8 nitrogen and oxygen atoms in total. The van der Waals surface area contributed by atoms with Gasteiger partial charge >= 0.3 is 5.97 Å². The molecule has 1 unspecified atom stereocenters. The maximum absolute atomic E-state index is 12.4. The third-order valence-corrected chi connectivity index (χ3v) is 4.40. The van der Waals surface area contributed by atoms with Crippen LogP contribution in [0.1, 0.15) is 31.7 Å². The molecular formula is C18H20N2O6. The van der Waals surface area contributed by atoms with Gasteiger partial charge < -0.3 is 25.3 Å². The largest absolute Gasteiger partial charge is 0.493 e. The van der Waals surface area contributed by atoms with Crippen LogP contribution in [0.25, 0.3) is 0 Å². The first kappa shape index (κ1) is 17.8. The second-order valence-electron chi connectivity index (χ2n) is 6.66. The third kappa shape index (κ3) is 3.10. The molecule has 0 radical (unpaired) electrons. The van der Waals surface area contributed by atoms with Crippen LogP contribution in [0, 0.1) is 0 Å². The van der Waals surface area contributed by atoms with Crippen molar-refractivity contribution in [3.8, 4) is 11.5 Å². The fraction of sp³-hybridized carbons (Fsp3) is 0.389. The smallest absolute Gasteiger partial charge is 0.337 e. The van der Waals surface area contributed by atoms with Gasteiger partial charge in [-0.1, -0.05) is 6.07 Å². The number of benzene rings is 1. The van der Waals surface area contributed by atoms with Crippen LogP contribution in [0.2, 0.25) is 0 Å².